The van der Waals surface area contributed by atoms with Crippen molar-refractivity contribution in [3.05, 3.63) is 11.6 Å². The van der Waals surface area contributed by atoms with E-state index in [0.29, 0.717) is 0 Å². The molecule has 1 heteroatoms. The second-order valence-electron chi connectivity index (χ2n) is 5.15. The van der Waals surface area contributed by atoms with Gasteiger partial charge in [0.05, 0.1) is 6.10 Å². The SMILES string of the molecule is CCCCC(O)[C@](C)(CC)CC=C(C)C. The Labute approximate surface area is 95.6 Å². The summed E-state index contributed by atoms with van der Waals surface area (Å²) in [5, 5.41) is 10.2. The van der Waals surface area contributed by atoms with Gasteiger partial charge in [-0.15, -0.1) is 0 Å². The Morgan fingerprint density at radius 1 is 1.33 bits per heavy atom. The van der Waals surface area contributed by atoms with Crippen LogP contribution in [0, 0.1) is 5.41 Å². The number of hydrogen-bond donors (Lipinski definition) is 1. The zero-order valence-corrected chi connectivity index (χ0v) is 11.1. The fourth-order valence-corrected chi connectivity index (χ4v) is 1.70. The van der Waals surface area contributed by atoms with Crippen molar-refractivity contribution in [3.8, 4) is 0 Å². The highest BCUT2D eigenvalue weighted by Crippen LogP contribution is 2.33. The summed E-state index contributed by atoms with van der Waals surface area (Å²) in [7, 11) is 0. The molecule has 1 unspecified atom stereocenters. The monoisotopic (exact) mass is 212 g/mol. The van der Waals surface area contributed by atoms with Crippen LogP contribution < -0.4 is 0 Å². The second kappa shape index (κ2) is 7.05. The van der Waals surface area contributed by atoms with E-state index < -0.39 is 0 Å². The predicted octanol–water partition coefficient (Wildman–Crippen LogP) is 4.31. The standard InChI is InChI=1S/C14H28O/c1-6-8-9-13(15)14(5,7-2)11-10-12(3)4/h10,13,15H,6-9,11H2,1-5H3/t13?,14-/m1/s1. The zero-order chi connectivity index (χ0) is 11.9. The molecular weight excluding hydrogens is 184 g/mol. The van der Waals surface area contributed by atoms with Crippen LogP contribution in [0.5, 0.6) is 0 Å². The Kier molecular flexibility index (Phi) is 6.91. The fourth-order valence-electron chi connectivity index (χ4n) is 1.70. The highest BCUT2D eigenvalue weighted by Gasteiger charge is 2.29. The number of hydrogen-bond acceptors (Lipinski definition) is 1. The molecule has 0 aliphatic rings. The van der Waals surface area contributed by atoms with Crippen molar-refractivity contribution in [3.63, 3.8) is 0 Å². The summed E-state index contributed by atoms with van der Waals surface area (Å²) in [4.78, 5) is 0. The molecule has 1 nitrogen and oxygen atoms in total. The molecule has 0 saturated heterocycles. The molecule has 90 valence electrons. The van der Waals surface area contributed by atoms with Crippen LogP contribution in [0.1, 0.15) is 66.7 Å². The van der Waals surface area contributed by atoms with E-state index in [2.05, 4.69) is 40.7 Å². The molecule has 0 radical (unpaired) electrons. The van der Waals surface area contributed by atoms with Gasteiger partial charge in [0.2, 0.25) is 0 Å². The first-order valence-electron chi connectivity index (χ1n) is 6.27. The molecule has 0 aliphatic carbocycles. The number of allylic oxidation sites excluding steroid dienone is 2. The average Bonchev–Trinajstić information content (AvgIpc) is 2.22. The van der Waals surface area contributed by atoms with Crippen LogP contribution in [-0.2, 0) is 0 Å². The van der Waals surface area contributed by atoms with Crippen LogP contribution in [0.2, 0.25) is 0 Å². The van der Waals surface area contributed by atoms with Gasteiger partial charge < -0.3 is 5.11 Å². The van der Waals surface area contributed by atoms with E-state index >= 15 is 0 Å². The first-order valence-corrected chi connectivity index (χ1v) is 6.27. The van der Waals surface area contributed by atoms with Gasteiger partial charge in [0.25, 0.3) is 0 Å². The van der Waals surface area contributed by atoms with Gasteiger partial charge in [-0.25, -0.2) is 0 Å². The van der Waals surface area contributed by atoms with E-state index in [1.807, 2.05) is 0 Å². The lowest BCUT2D eigenvalue weighted by molar-refractivity contribution is 0.0276. The molecule has 0 aromatic rings. The topological polar surface area (TPSA) is 20.2 Å². The maximum atomic E-state index is 10.2. The van der Waals surface area contributed by atoms with Crippen LogP contribution in [0.15, 0.2) is 11.6 Å². The Morgan fingerprint density at radius 2 is 1.93 bits per heavy atom. The minimum atomic E-state index is -0.155. The summed E-state index contributed by atoms with van der Waals surface area (Å²) < 4.78 is 0. The zero-order valence-electron chi connectivity index (χ0n) is 11.1. The summed E-state index contributed by atoms with van der Waals surface area (Å²) in [5.74, 6) is 0. The van der Waals surface area contributed by atoms with Crippen LogP contribution in [-0.4, -0.2) is 11.2 Å². The number of aliphatic hydroxyl groups excluding tert-OH is 1. The van der Waals surface area contributed by atoms with E-state index in [9.17, 15) is 5.11 Å². The molecule has 0 aromatic carbocycles. The molecule has 0 saturated carbocycles. The molecule has 15 heavy (non-hydrogen) atoms. The molecule has 0 fully saturated rings. The van der Waals surface area contributed by atoms with Crippen molar-refractivity contribution < 1.29 is 5.11 Å². The molecule has 0 heterocycles. The van der Waals surface area contributed by atoms with Crippen molar-refractivity contribution in [2.45, 2.75) is 72.8 Å². The average molecular weight is 212 g/mol. The van der Waals surface area contributed by atoms with Gasteiger partial charge in [-0.2, -0.15) is 0 Å². The van der Waals surface area contributed by atoms with Crippen molar-refractivity contribution in [1.29, 1.82) is 0 Å². The molecule has 0 spiro atoms. The van der Waals surface area contributed by atoms with Crippen LogP contribution >= 0.6 is 0 Å². The van der Waals surface area contributed by atoms with Crippen LogP contribution in [0.25, 0.3) is 0 Å². The van der Waals surface area contributed by atoms with Gasteiger partial charge in [0, 0.05) is 0 Å². The minimum absolute atomic E-state index is 0.0619. The van der Waals surface area contributed by atoms with Crippen LogP contribution in [0.3, 0.4) is 0 Å². The Balaban J connectivity index is 4.33. The quantitative estimate of drug-likeness (QED) is 0.623. The van der Waals surface area contributed by atoms with Gasteiger partial charge in [-0.1, -0.05) is 45.3 Å². The Bertz CT molecular complexity index is 192. The van der Waals surface area contributed by atoms with Crippen molar-refractivity contribution in [1.82, 2.24) is 0 Å². The predicted molar refractivity (Wildman–Crippen MR) is 68.0 cm³/mol. The third-order valence-electron chi connectivity index (χ3n) is 3.42. The molecule has 0 amide bonds. The van der Waals surface area contributed by atoms with E-state index in [-0.39, 0.29) is 11.5 Å². The summed E-state index contributed by atoms with van der Waals surface area (Å²) in [6, 6.07) is 0. The highest BCUT2D eigenvalue weighted by atomic mass is 16.3. The van der Waals surface area contributed by atoms with Crippen molar-refractivity contribution in [2.24, 2.45) is 5.41 Å². The summed E-state index contributed by atoms with van der Waals surface area (Å²) in [5.41, 5.74) is 1.41. The molecule has 1 N–H and O–H groups in total. The lowest BCUT2D eigenvalue weighted by Crippen LogP contribution is -2.31. The largest absolute Gasteiger partial charge is 0.393 e. The molecule has 0 bridgehead atoms. The molecule has 0 aliphatic heterocycles. The maximum Gasteiger partial charge on any atom is 0.0596 e. The van der Waals surface area contributed by atoms with E-state index in [4.69, 9.17) is 0 Å². The van der Waals surface area contributed by atoms with Crippen molar-refractivity contribution >= 4 is 0 Å². The van der Waals surface area contributed by atoms with Gasteiger partial charge in [0.15, 0.2) is 0 Å². The van der Waals surface area contributed by atoms with Gasteiger partial charge in [-0.05, 0) is 38.5 Å². The second-order valence-corrected chi connectivity index (χ2v) is 5.15. The lowest BCUT2D eigenvalue weighted by Gasteiger charge is -2.33. The first-order chi connectivity index (χ1) is 6.96. The molecule has 0 rings (SSSR count). The molecular formula is C14H28O. The Morgan fingerprint density at radius 3 is 2.33 bits per heavy atom. The van der Waals surface area contributed by atoms with Gasteiger partial charge in [-0.3, -0.25) is 0 Å². The number of aliphatic hydroxyl groups is 1. The van der Waals surface area contributed by atoms with Crippen LogP contribution in [0.4, 0.5) is 0 Å². The van der Waals surface area contributed by atoms with E-state index in [1.165, 1.54) is 12.0 Å². The number of unbranched alkanes of at least 4 members (excludes halogenated alkanes) is 1. The smallest absolute Gasteiger partial charge is 0.0596 e. The molecule has 2 atom stereocenters. The fraction of sp³-hybridized carbons (Fsp3) is 0.857. The van der Waals surface area contributed by atoms with E-state index in [1.54, 1.807) is 0 Å². The van der Waals surface area contributed by atoms with Gasteiger partial charge >= 0.3 is 0 Å². The maximum absolute atomic E-state index is 10.2. The summed E-state index contributed by atoms with van der Waals surface area (Å²) in [6.45, 7) is 10.8. The van der Waals surface area contributed by atoms with Crippen molar-refractivity contribution in [2.75, 3.05) is 0 Å². The van der Waals surface area contributed by atoms with E-state index in [0.717, 1.165) is 25.7 Å². The lowest BCUT2D eigenvalue weighted by atomic mass is 9.76. The third kappa shape index (κ3) is 5.36. The summed E-state index contributed by atoms with van der Waals surface area (Å²) >= 11 is 0. The normalized spacial score (nSPS) is 16.9. The summed E-state index contributed by atoms with van der Waals surface area (Å²) in [6.07, 6.45) is 7.37. The Hall–Kier alpha value is -0.300. The minimum Gasteiger partial charge on any atom is -0.393 e. The first kappa shape index (κ1) is 14.7. The highest BCUT2D eigenvalue weighted by molar-refractivity contribution is 4.98. The third-order valence-corrected chi connectivity index (χ3v) is 3.42. The number of rotatable bonds is 7. The molecule has 0 aromatic heterocycles. The van der Waals surface area contributed by atoms with Gasteiger partial charge in [0.1, 0.15) is 0 Å².